The summed E-state index contributed by atoms with van der Waals surface area (Å²) in [6.45, 7) is 6.87. The van der Waals surface area contributed by atoms with Crippen LogP contribution in [0, 0.1) is 6.92 Å². The molecule has 0 N–H and O–H groups in total. The van der Waals surface area contributed by atoms with Gasteiger partial charge < -0.3 is 9.13 Å². The smallest absolute Gasteiger partial charge is 0.0562 e. The highest BCUT2D eigenvalue weighted by molar-refractivity contribution is 6.19. The maximum Gasteiger partial charge on any atom is 0.0562 e. The van der Waals surface area contributed by atoms with Gasteiger partial charge in [-0.2, -0.15) is 0 Å². The zero-order valence-electron chi connectivity index (χ0n) is 22.5. The molecule has 186 valence electrons. The summed E-state index contributed by atoms with van der Waals surface area (Å²) in [5.74, 6) is 0.484. The lowest BCUT2D eigenvalue weighted by molar-refractivity contribution is 0.735. The van der Waals surface area contributed by atoms with Crippen molar-refractivity contribution >= 4 is 43.6 Å². The van der Waals surface area contributed by atoms with Crippen molar-refractivity contribution in [3.05, 3.63) is 114 Å². The van der Waals surface area contributed by atoms with Crippen LogP contribution >= 0.6 is 0 Å². The monoisotopic (exact) mass is 492 g/mol. The summed E-state index contributed by atoms with van der Waals surface area (Å²) >= 11 is 0. The molecule has 0 amide bonds. The molecule has 2 aromatic heterocycles. The van der Waals surface area contributed by atoms with Crippen LogP contribution < -0.4 is 0 Å². The number of aryl methyl sites for hydroxylation is 2. The summed E-state index contributed by atoms with van der Waals surface area (Å²) in [5.41, 5.74) is 11.7. The van der Waals surface area contributed by atoms with E-state index in [0.717, 1.165) is 6.42 Å². The fraction of sp³-hybridized carbons (Fsp3) is 0.167. The molecule has 0 saturated carbocycles. The molecular weight excluding hydrogens is 460 g/mol. The predicted octanol–water partition coefficient (Wildman–Crippen LogP) is 9.92. The Labute approximate surface area is 223 Å². The highest BCUT2D eigenvalue weighted by atomic mass is 15.0. The first kappa shape index (κ1) is 22.9. The lowest BCUT2D eigenvalue weighted by Crippen LogP contribution is -1.98. The zero-order chi connectivity index (χ0) is 26.0. The van der Waals surface area contributed by atoms with Crippen LogP contribution in [0.1, 0.15) is 37.3 Å². The fourth-order valence-corrected chi connectivity index (χ4v) is 6.32. The third-order valence-corrected chi connectivity index (χ3v) is 8.56. The maximum atomic E-state index is 2.46. The van der Waals surface area contributed by atoms with Gasteiger partial charge in [0.2, 0.25) is 0 Å². The lowest BCUT2D eigenvalue weighted by atomic mass is 9.87. The van der Waals surface area contributed by atoms with Crippen LogP contribution in [0.25, 0.3) is 60.4 Å². The van der Waals surface area contributed by atoms with Gasteiger partial charge in [-0.15, -0.1) is 0 Å². The first-order valence-corrected chi connectivity index (χ1v) is 13.7. The molecule has 1 unspecified atom stereocenters. The third kappa shape index (κ3) is 3.26. The van der Waals surface area contributed by atoms with E-state index >= 15 is 0 Å². The standard InChI is InChI=1S/C36H32N2/c1-5-23(2)28-21-34-31(19-29(28)26-16-10-9-13-24(26)3)32-20-30-27-17-11-12-18-33(27)38(25-14-7-6-8-15-25)36(30)22-35(32)37(34)4/h6-23H,5H2,1-4H3. The van der Waals surface area contributed by atoms with Crippen LogP contribution in [0.5, 0.6) is 0 Å². The first-order valence-electron chi connectivity index (χ1n) is 13.7. The minimum Gasteiger partial charge on any atom is -0.344 e. The number of hydrogen-bond donors (Lipinski definition) is 0. The number of hydrogen-bond acceptors (Lipinski definition) is 0. The Morgan fingerprint density at radius 1 is 0.605 bits per heavy atom. The second-order valence-electron chi connectivity index (χ2n) is 10.7. The molecule has 0 fully saturated rings. The van der Waals surface area contributed by atoms with E-state index in [9.17, 15) is 0 Å². The predicted molar refractivity (Wildman–Crippen MR) is 164 cm³/mol. The summed E-state index contributed by atoms with van der Waals surface area (Å²) in [6.07, 6.45) is 1.12. The molecule has 38 heavy (non-hydrogen) atoms. The topological polar surface area (TPSA) is 9.86 Å². The van der Waals surface area contributed by atoms with Crippen molar-refractivity contribution in [3.63, 3.8) is 0 Å². The van der Waals surface area contributed by atoms with Crippen molar-refractivity contribution in [2.75, 3.05) is 0 Å². The van der Waals surface area contributed by atoms with Gasteiger partial charge in [0.1, 0.15) is 0 Å². The van der Waals surface area contributed by atoms with Gasteiger partial charge in [0.15, 0.2) is 0 Å². The van der Waals surface area contributed by atoms with E-state index in [2.05, 4.69) is 140 Å². The molecule has 2 nitrogen and oxygen atoms in total. The summed E-state index contributed by atoms with van der Waals surface area (Å²) in [6, 6.07) is 38.1. The van der Waals surface area contributed by atoms with Gasteiger partial charge in [-0.25, -0.2) is 0 Å². The van der Waals surface area contributed by atoms with Crippen LogP contribution in [0.3, 0.4) is 0 Å². The molecule has 5 aromatic carbocycles. The number of para-hydroxylation sites is 2. The molecule has 0 spiro atoms. The van der Waals surface area contributed by atoms with Crippen LogP contribution in [0.2, 0.25) is 0 Å². The molecule has 0 aliphatic carbocycles. The van der Waals surface area contributed by atoms with E-state index in [1.807, 2.05) is 0 Å². The number of nitrogens with zero attached hydrogens (tertiary/aromatic N) is 2. The molecule has 0 aliphatic heterocycles. The van der Waals surface area contributed by atoms with Gasteiger partial charge in [0.25, 0.3) is 0 Å². The Morgan fingerprint density at radius 3 is 2.05 bits per heavy atom. The van der Waals surface area contributed by atoms with Crippen LogP contribution in [-0.2, 0) is 7.05 Å². The van der Waals surface area contributed by atoms with E-state index < -0.39 is 0 Å². The first-order chi connectivity index (χ1) is 18.6. The minimum absolute atomic E-state index is 0.484. The average molecular weight is 493 g/mol. The Bertz CT molecular complexity index is 1990. The quantitative estimate of drug-likeness (QED) is 0.231. The molecule has 1 atom stereocenters. The van der Waals surface area contributed by atoms with Crippen LogP contribution in [0.15, 0.2) is 103 Å². The van der Waals surface area contributed by atoms with Crippen molar-refractivity contribution in [1.82, 2.24) is 9.13 Å². The van der Waals surface area contributed by atoms with E-state index in [1.54, 1.807) is 0 Å². The lowest BCUT2D eigenvalue weighted by Gasteiger charge is -2.18. The van der Waals surface area contributed by atoms with Gasteiger partial charge in [0, 0.05) is 39.8 Å². The molecule has 0 bridgehead atoms. The zero-order valence-corrected chi connectivity index (χ0v) is 22.5. The second-order valence-corrected chi connectivity index (χ2v) is 10.7. The molecule has 7 rings (SSSR count). The maximum absolute atomic E-state index is 2.46. The summed E-state index contributed by atoms with van der Waals surface area (Å²) in [4.78, 5) is 0. The summed E-state index contributed by atoms with van der Waals surface area (Å²) < 4.78 is 4.80. The van der Waals surface area contributed by atoms with Crippen molar-refractivity contribution < 1.29 is 0 Å². The fourth-order valence-electron chi connectivity index (χ4n) is 6.32. The van der Waals surface area contributed by atoms with Gasteiger partial charge in [0.05, 0.1) is 16.6 Å². The Hall–Kier alpha value is -4.30. The second kappa shape index (κ2) is 8.63. The molecule has 0 radical (unpaired) electrons. The summed E-state index contributed by atoms with van der Waals surface area (Å²) in [7, 11) is 2.22. The normalized spacial score (nSPS) is 12.7. The molecular formula is C36H32N2. The van der Waals surface area contributed by atoms with Gasteiger partial charge >= 0.3 is 0 Å². The molecule has 7 aromatic rings. The Kier molecular flexibility index (Phi) is 5.19. The minimum atomic E-state index is 0.484. The van der Waals surface area contributed by atoms with Crippen LogP contribution in [-0.4, -0.2) is 9.13 Å². The van der Waals surface area contributed by atoms with E-state index in [1.165, 1.54) is 71.6 Å². The Balaban J connectivity index is 1.62. The Morgan fingerprint density at radius 2 is 1.26 bits per heavy atom. The SMILES string of the molecule is CCC(C)c1cc2c(cc1-c1ccccc1C)c1cc3c4ccccc4n(-c4ccccc4)c3cc1n2C. The number of benzene rings is 5. The van der Waals surface area contributed by atoms with E-state index in [-0.39, 0.29) is 0 Å². The summed E-state index contributed by atoms with van der Waals surface area (Å²) in [5, 5.41) is 5.23. The highest BCUT2D eigenvalue weighted by Crippen LogP contribution is 2.42. The number of rotatable bonds is 4. The van der Waals surface area contributed by atoms with E-state index in [0.29, 0.717) is 5.92 Å². The average Bonchev–Trinajstić information content (AvgIpc) is 3.42. The molecule has 2 heterocycles. The molecule has 2 heteroatoms. The van der Waals surface area contributed by atoms with Gasteiger partial charge in [-0.1, -0.05) is 74.5 Å². The van der Waals surface area contributed by atoms with Crippen LogP contribution in [0.4, 0.5) is 0 Å². The van der Waals surface area contributed by atoms with Crippen molar-refractivity contribution in [2.45, 2.75) is 33.1 Å². The van der Waals surface area contributed by atoms with Crippen molar-refractivity contribution in [1.29, 1.82) is 0 Å². The molecule has 0 aliphatic rings. The van der Waals surface area contributed by atoms with E-state index in [4.69, 9.17) is 0 Å². The van der Waals surface area contributed by atoms with Gasteiger partial charge in [-0.3, -0.25) is 0 Å². The number of fused-ring (bicyclic) bond motifs is 6. The van der Waals surface area contributed by atoms with Crippen molar-refractivity contribution in [2.24, 2.45) is 7.05 Å². The third-order valence-electron chi connectivity index (χ3n) is 8.56. The highest BCUT2D eigenvalue weighted by Gasteiger charge is 2.20. The largest absolute Gasteiger partial charge is 0.344 e. The number of aromatic nitrogens is 2. The van der Waals surface area contributed by atoms with Gasteiger partial charge in [-0.05, 0) is 84.0 Å². The molecule has 0 saturated heterocycles. The van der Waals surface area contributed by atoms with Crippen molar-refractivity contribution in [3.8, 4) is 16.8 Å².